The Kier molecular flexibility index (Phi) is 4.54. The van der Waals surface area contributed by atoms with Crippen LogP contribution < -0.4 is 5.73 Å². The zero-order valence-electron chi connectivity index (χ0n) is 12.2. The van der Waals surface area contributed by atoms with Crippen LogP contribution in [0.2, 0.25) is 0 Å². The lowest BCUT2D eigenvalue weighted by Gasteiger charge is -2.42. The Labute approximate surface area is 125 Å². The summed E-state index contributed by atoms with van der Waals surface area (Å²) in [7, 11) is 0. The minimum atomic E-state index is 0.294. The van der Waals surface area contributed by atoms with Crippen molar-refractivity contribution in [3.8, 4) is 0 Å². The first-order valence-corrected chi connectivity index (χ1v) is 8.14. The Bertz CT molecular complexity index is 431. The van der Waals surface area contributed by atoms with Crippen LogP contribution in [0.5, 0.6) is 0 Å². The van der Waals surface area contributed by atoms with Gasteiger partial charge in [-0.15, -0.1) is 0 Å². The fraction of sp³-hybridized carbons (Fsp3) is 0.688. The molecular weight excluding hydrogens is 300 g/mol. The van der Waals surface area contributed by atoms with Crippen molar-refractivity contribution in [2.75, 3.05) is 5.73 Å². The third kappa shape index (κ3) is 3.71. The van der Waals surface area contributed by atoms with E-state index in [1.807, 2.05) is 12.3 Å². The number of nitrogens with two attached hydrogens (primary N) is 1. The van der Waals surface area contributed by atoms with Crippen molar-refractivity contribution in [1.29, 1.82) is 0 Å². The fourth-order valence-electron chi connectivity index (χ4n) is 3.45. The van der Waals surface area contributed by atoms with Crippen molar-refractivity contribution in [1.82, 2.24) is 4.98 Å². The van der Waals surface area contributed by atoms with E-state index in [1.54, 1.807) is 0 Å². The molecule has 1 heterocycles. The maximum Gasteiger partial charge on any atom is 0.123 e. The van der Waals surface area contributed by atoms with E-state index in [2.05, 4.69) is 47.8 Å². The van der Waals surface area contributed by atoms with Crippen LogP contribution in [0.1, 0.15) is 45.6 Å². The Morgan fingerprint density at radius 2 is 2.16 bits per heavy atom. The topological polar surface area (TPSA) is 38.9 Å². The summed E-state index contributed by atoms with van der Waals surface area (Å²) < 4.78 is 0. The predicted octanol–water partition coefficient (Wildman–Crippen LogP) is 4.43. The van der Waals surface area contributed by atoms with E-state index in [1.165, 1.54) is 24.8 Å². The molecule has 2 N–H and O–H groups in total. The molecule has 1 aliphatic rings. The highest BCUT2D eigenvalue weighted by molar-refractivity contribution is 9.09. The summed E-state index contributed by atoms with van der Waals surface area (Å²) in [5, 5.41) is 0. The first kappa shape index (κ1) is 14.8. The van der Waals surface area contributed by atoms with Crippen LogP contribution in [-0.2, 0) is 6.42 Å². The molecule has 106 valence electrons. The van der Waals surface area contributed by atoms with Gasteiger partial charge < -0.3 is 5.73 Å². The normalized spacial score (nSPS) is 28.3. The van der Waals surface area contributed by atoms with Gasteiger partial charge in [0.15, 0.2) is 0 Å². The fourth-order valence-corrected chi connectivity index (χ4v) is 5.07. The number of nitrogen functional groups attached to an aromatic ring is 1. The van der Waals surface area contributed by atoms with E-state index >= 15 is 0 Å². The molecule has 1 saturated carbocycles. The van der Waals surface area contributed by atoms with Gasteiger partial charge in [0.2, 0.25) is 0 Å². The summed E-state index contributed by atoms with van der Waals surface area (Å²) in [6.45, 7) is 7.14. The van der Waals surface area contributed by atoms with Gasteiger partial charge in [-0.3, -0.25) is 0 Å². The Morgan fingerprint density at radius 3 is 2.79 bits per heavy atom. The lowest BCUT2D eigenvalue weighted by Crippen LogP contribution is -2.37. The van der Waals surface area contributed by atoms with Crippen LogP contribution in [-0.4, -0.2) is 9.81 Å². The standard InChI is InChI=1S/C16H25BrN2/c1-11-4-5-13(14(17)8-11)16(2,3)10-12-6-7-19-15(18)9-12/h6-7,9,11,13-14H,4-5,8,10H2,1-3H3,(H2,18,19). The van der Waals surface area contributed by atoms with Crippen LogP contribution in [0.25, 0.3) is 0 Å². The van der Waals surface area contributed by atoms with Gasteiger partial charge in [-0.25, -0.2) is 4.98 Å². The molecule has 0 saturated heterocycles. The molecule has 3 heteroatoms. The molecule has 1 aromatic heterocycles. The van der Waals surface area contributed by atoms with E-state index in [-0.39, 0.29) is 0 Å². The molecule has 2 rings (SSSR count). The maximum atomic E-state index is 5.78. The average Bonchev–Trinajstić information content (AvgIpc) is 2.27. The molecule has 0 radical (unpaired) electrons. The number of hydrogen-bond donors (Lipinski definition) is 1. The summed E-state index contributed by atoms with van der Waals surface area (Å²) in [6.07, 6.45) is 6.86. The largest absolute Gasteiger partial charge is 0.384 e. The molecule has 0 bridgehead atoms. The van der Waals surface area contributed by atoms with Crippen LogP contribution in [0.4, 0.5) is 5.82 Å². The summed E-state index contributed by atoms with van der Waals surface area (Å²) >= 11 is 3.92. The highest BCUT2D eigenvalue weighted by Crippen LogP contribution is 2.45. The van der Waals surface area contributed by atoms with E-state index < -0.39 is 0 Å². The first-order chi connectivity index (χ1) is 8.88. The second kappa shape index (κ2) is 5.82. The average molecular weight is 325 g/mol. The number of halogens is 1. The van der Waals surface area contributed by atoms with Crippen molar-refractivity contribution in [3.05, 3.63) is 23.9 Å². The zero-order chi connectivity index (χ0) is 14.0. The summed E-state index contributed by atoms with van der Waals surface area (Å²) in [6, 6.07) is 4.10. The highest BCUT2D eigenvalue weighted by atomic mass is 79.9. The Hall–Kier alpha value is -0.570. The molecule has 1 aliphatic carbocycles. The van der Waals surface area contributed by atoms with Crippen molar-refractivity contribution in [3.63, 3.8) is 0 Å². The summed E-state index contributed by atoms with van der Waals surface area (Å²) in [5.41, 5.74) is 7.38. The van der Waals surface area contributed by atoms with Gasteiger partial charge in [-0.1, -0.05) is 43.1 Å². The number of rotatable bonds is 3. The molecule has 0 amide bonds. The molecule has 3 unspecified atom stereocenters. The summed E-state index contributed by atoms with van der Waals surface area (Å²) in [4.78, 5) is 4.72. The van der Waals surface area contributed by atoms with E-state index in [0.717, 1.165) is 18.3 Å². The van der Waals surface area contributed by atoms with Gasteiger partial charge >= 0.3 is 0 Å². The predicted molar refractivity (Wildman–Crippen MR) is 85.4 cm³/mol. The van der Waals surface area contributed by atoms with Crippen LogP contribution in [0.3, 0.4) is 0 Å². The summed E-state index contributed by atoms with van der Waals surface area (Å²) in [5.74, 6) is 2.21. The van der Waals surface area contributed by atoms with Gasteiger partial charge in [0.05, 0.1) is 0 Å². The second-order valence-electron chi connectivity index (χ2n) is 6.80. The van der Waals surface area contributed by atoms with E-state index in [0.29, 0.717) is 16.1 Å². The maximum absolute atomic E-state index is 5.78. The minimum Gasteiger partial charge on any atom is -0.384 e. The molecule has 0 spiro atoms. The number of anilines is 1. The Morgan fingerprint density at radius 1 is 1.42 bits per heavy atom. The van der Waals surface area contributed by atoms with Crippen LogP contribution in [0.15, 0.2) is 18.3 Å². The molecule has 0 aliphatic heterocycles. The monoisotopic (exact) mass is 324 g/mol. The van der Waals surface area contributed by atoms with Gasteiger partial charge in [0, 0.05) is 11.0 Å². The van der Waals surface area contributed by atoms with E-state index in [4.69, 9.17) is 5.73 Å². The molecule has 19 heavy (non-hydrogen) atoms. The SMILES string of the molecule is CC1CCC(C(C)(C)Cc2ccnc(N)c2)C(Br)C1. The number of pyridine rings is 1. The number of hydrogen-bond acceptors (Lipinski definition) is 2. The number of nitrogens with zero attached hydrogens (tertiary/aromatic N) is 1. The number of alkyl halides is 1. The molecule has 0 aromatic carbocycles. The highest BCUT2D eigenvalue weighted by Gasteiger charge is 2.37. The number of aromatic nitrogens is 1. The van der Waals surface area contributed by atoms with E-state index in [9.17, 15) is 0 Å². The lowest BCUT2D eigenvalue weighted by atomic mass is 9.66. The molecule has 2 nitrogen and oxygen atoms in total. The lowest BCUT2D eigenvalue weighted by molar-refractivity contribution is 0.147. The molecular formula is C16H25BrN2. The van der Waals surface area contributed by atoms with Crippen molar-refractivity contribution < 1.29 is 0 Å². The van der Waals surface area contributed by atoms with Gasteiger partial charge in [0.25, 0.3) is 0 Å². The molecule has 1 aromatic rings. The van der Waals surface area contributed by atoms with Gasteiger partial charge in [-0.05, 0) is 54.2 Å². The quantitative estimate of drug-likeness (QED) is 0.835. The van der Waals surface area contributed by atoms with Crippen LogP contribution in [0, 0.1) is 17.3 Å². The zero-order valence-corrected chi connectivity index (χ0v) is 13.8. The first-order valence-electron chi connectivity index (χ1n) is 7.23. The second-order valence-corrected chi connectivity index (χ2v) is 7.97. The third-order valence-electron chi connectivity index (χ3n) is 4.54. The molecule has 3 atom stereocenters. The van der Waals surface area contributed by atoms with Crippen molar-refractivity contribution in [2.24, 2.45) is 17.3 Å². The minimum absolute atomic E-state index is 0.294. The van der Waals surface area contributed by atoms with Crippen molar-refractivity contribution >= 4 is 21.7 Å². The van der Waals surface area contributed by atoms with Gasteiger partial charge in [0.1, 0.15) is 5.82 Å². The Balaban J connectivity index is 2.09. The third-order valence-corrected chi connectivity index (χ3v) is 5.56. The molecule has 1 fully saturated rings. The van der Waals surface area contributed by atoms with Crippen molar-refractivity contribution in [2.45, 2.75) is 51.3 Å². The van der Waals surface area contributed by atoms with Gasteiger partial charge in [-0.2, -0.15) is 0 Å². The smallest absolute Gasteiger partial charge is 0.123 e. The van der Waals surface area contributed by atoms with Crippen LogP contribution >= 0.6 is 15.9 Å².